The van der Waals surface area contributed by atoms with E-state index < -0.39 is 6.35 Å². The quantitative estimate of drug-likeness (QED) is 0.559. The second kappa shape index (κ2) is 4.95. The first-order valence-electron chi connectivity index (χ1n) is 7.02. The van der Waals surface area contributed by atoms with Gasteiger partial charge in [0.25, 0.3) is 0 Å². The molecule has 3 aliphatic rings. The van der Waals surface area contributed by atoms with Crippen molar-refractivity contribution in [2.24, 2.45) is 17.8 Å². The van der Waals surface area contributed by atoms with Gasteiger partial charge in [-0.05, 0) is 12.5 Å². The van der Waals surface area contributed by atoms with E-state index >= 15 is 0 Å². The minimum atomic E-state index is -0.399. The van der Waals surface area contributed by atoms with Crippen molar-refractivity contribution >= 4 is 6.35 Å². The Bertz CT molecular complexity index is 248. The molecular weight excluding hydrogens is 206 g/mol. The van der Waals surface area contributed by atoms with Crippen LogP contribution in [0.5, 0.6) is 0 Å². The zero-order valence-electron chi connectivity index (χ0n) is 11.2. The van der Waals surface area contributed by atoms with Crippen LogP contribution in [0.4, 0.5) is 0 Å². The van der Waals surface area contributed by atoms with E-state index in [9.17, 15) is 0 Å². The fourth-order valence-electron chi connectivity index (χ4n) is 5.33. The molecule has 1 aliphatic carbocycles. The standard InChI is InChI=1S/C13H24BO.Na/c1-10-6-11(2)8-14(7-10)13-5-3-4-12(13)9-15-14;/h10-13H,3-9H2,1-2H3;/q-1;+1. The van der Waals surface area contributed by atoms with Crippen LogP contribution in [0, 0.1) is 17.8 Å². The van der Waals surface area contributed by atoms with Crippen molar-refractivity contribution in [2.45, 2.75) is 58.0 Å². The van der Waals surface area contributed by atoms with Gasteiger partial charge < -0.3 is 4.65 Å². The van der Waals surface area contributed by atoms with E-state index in [4.69, 9.17) is 4.65 Å². The molecule has 4 atom stereocenters. The van der Waals surface area contributed by atoms with E-state index in [2.05, 4.69) is 13.8 Å². The largest absolute Gasteiger partial charge is 1.00 e. The molecule has 3 rings (SSSR count). The number of hydrogen-bond donors (Lipinski definition) is 0. The molecule has 1 saturated carbocycles. The molecule has 0 aromatic rings. The molecule has 3 fully saturated rings. The Hall–Kier alpha value is 1.02. The maximum absolute atomic E-state index is 6.35. The Labute approximate surface area is 122 Å². The van der Waals surface area contributed by atoms with Crippen LogP contribution in [0.1, 0.15) is 39.5 Å². The number of fused-ring (bicyclic) bond motifs is 2. The van der Waals surface area contributed by atoms with Gasteiger partial charge in [-0.1, -0.05) is 51.4 Å². The zero-order valence-corrected chi connectivity index (χ0v) is 13.2. The fraction of sp³-hybridized carbons (Fsp3) is 1.00. The summed E-state index contributed by atoms with van der Waals surface area (Å²) in [6.45, 7) is 5.97. The molecule has 1 spiro atoms. The van der Waals surface area contributed by atoms with Crippen LogP contribution in [-0.2, 0) is 4.65 Å². The van der Waals surface area contributed by atoms with Gasteiger partial charge in [-0.25, -0.2) is 0 Å². The molecule has 2 saturated heterocycles. The third kappa shape index (κ3) is 2.16. The van der Waals surface area contributed by atoms with Crippen LogP contribution in [0.3, 0.4) is 0 Å². The van der Waals surface area contributed by atoms with E-state index in [0.29, 0.717) is 0 Å². The summed E-state index contributed by atoms with van der Waals surface area (Å²) in [5.41, 5.74) is 0. The summed E-state index contributed by atoms with van der Waals surface area (Å²) in [6.07, 6.45) is 8.26. The molecule has 2 aliphatic heterocycles. The van der Waals surface area contributed by atoms with E-state index in [1.54, 1.807) is 0 Å². The zero-order chi connectivity index (χ0) is 10.5. The van der Waals surface area contributed by atoms with Gasteiger partial charge in [0.05, 0.1) is 0 Å². The van der Waals surface area contributed by atoms with Crippen molar-refractivity contribution in [3.05, 3.63) is 0 Å². The Morgan fingerprint density at radius 2 is 1.75 bits per heavy atom. The van der Waals surface area contributed by atoms with E-state index in [-0.39, 0.29) is 29.6 Å². The van der Waals surface area contributed by atoms with Gasteiger partial charge >= 0.3 is 29.6 Å². The fourth-order valence-corrected chi connectivity index (χ4v) is 5.33. The summed E-state index contributed by atoms with van der Waals surface area (Å²) < 4.78 is 6.35. The van der Waals surface area contributed by atoms with E-state index in [0.717, 1.165) is 30.2 Å². The second-order valence-corrected chi connectivity index (χ2v) is 6.84. The molecule has 16 heavy (non-hydrogen) atoms. The average Bonchev–Trinajstić information content (AvgIpc) is 2.69. The maximum atomic E-state index is 6.35. The summed E-state index contributed by atoms with van der Waals surface area (Å²) in [5.74, 6) is 3.75. The molecule has 0 radical (unpaired) electrons. The first-order valence-corrected chi connectivity index (χ1v) is 7.02. The van der Waals surface area contributed by atoms with Crippen LogP contribution in [0.2, 0.25) is 18.5 Å². The van der Waals surface area contributed by atoms with E-state index in [1.165, 1.54) is 38.3 Å². The maximum Gasteiger partial charge on any atom is 1.00 e. The normalized spacial score (nSPS) is 51.4. The monoisotopic (exact) mass is 230 g/mol. The van der Waals surface area contributed by atoms with Gasteiger partial charge in [-0.3, -0.25) is 0 Å². The Balaban J connectivity index is 0.000000963. The van der Waals surface area contributed by atoms with Gasteiger partial charge in [0.2, 0.25) is 0 Å². The second-order valence-electron chi connectivity index (χ2n) is 6.84. The Kier molecular flexibility index (Phi) is 4.17. The minimum absolute atomic E-state index is 0. The molecule has 0 N–H and O–H groups in total. The molecular formula is C13H24BNaO. The third-order valence-corrected chi connectivity index (χ3v) is 5.55. The molecule has 0 bridgehead atoms. The summed E-state index contributed by atoms with van der Waals surface area (Å²) >= 11 is 0. The summed E-state index contributed by atoms with van der Waals surface area (Å²) in [7, 11) is 0. The molecule has 4 unspecified atom stereocenters. The van der Waals surface area contributed by atoms with Gasteiger partial charge in [-0.15, -0.1) is 5.82 Å². The van der Waals surface area contributed by atoms with Crippen LogP contribution >= 0.6 is 0 Å². The van der Waals surface area contributed by atoms with Gasteiger partial charge in [0.15, 0.2) is 0 Å². The van der Waals surface area contributed by atoms with Crippen LogP contribution in [-0.4, -0.2) is 13.0 Å². The summed E-state index contributed by atoms with van der Waals surface area (Å²) in [6, 6.07) is 0. The first-order chi connectivity index (χ1) is 7.20. The van der Waals surface area contributed by atoms with Crippen molar-refractivity contribution in [1.29, 1.82) is 0 Å². The van der Waals surface area contributed by atoms with Crippen molar-refractivity contribution < 1.29 is 34.2 Å². The SMILES string of the molecule is CC1CC(C)C[B-]2(C1)OCC1CCCC12.[Na+]. The average molecular weight is 230 g/mol. The summed E-state index contributed by atoms with van der Waals surface area (Å²) in [5, 5.41) is 0. The van der Waals surface area contributed by atoms with Gasteiger partial charge in [-0.2, -0.15) is 12.6 Å². The number of hydrogen-bond acceptors (Lipinski definition) is 1. The predicted octanol–water partition coefficient (Wildman–Crippen LogP) is 0.812. The van der Waals surface area contributed by atoms with Gasteiger partial charge in [0, 0.05) is 0 Å². The third-order valence-electron chi connectivity index (χ3n) is 5.55. The van der Waals surface area contributed by atoms with Gasteiger partial charge in [0.1, 0.15) is 6.35 Å². The minimum Gasteiger partial charge on any atom is -0.590 e. The molecule has 0 aromatic carbocycles. The molecule has 0 aromatic heterocycles. The van der Waals surface area contributed by atoms with Crippen LogP contribution in [0.25, 0.3) is 0 Å². The molecule has 0 amide bonds. The summed E-state index contributed by atoms with van der Waals surface area (Å²) in [4.78, 5) is 0. The van der Waals surface area contributed by atoms with Crippen LogP contribution in [0.15, 0.2) is 0 Å². The van der Waals surface area contributed by atoms with Crippen molar-refractivity contribution in [3.63, 3.8) is 0 Å². The van der Waals surface area contributed by atoms with E-state index in [1.807, 2.05) is 0 Å². The smallest absolute Gasteiger partial charge is 0.590 e. The predicted molar refractivity (Wildman–Crippen MR) is 65.4 cm³/mol. The van der Waals surface area contributed by atoms with Crippen LogP contribution < -0.4 is 29.6 Å². The molecule has 3 heteroatoms. The first kappa shape index (κ1) is 13.5. The number of rotatable bonds is 0. The van der Waals surface area contributed by atoms with Crippen molar-refractivity contribution in [2.75, 3.05) is 6.61 Å². The molecule has 2 heterocycles. The van der Waals surface area contributed by atoms with Crippen molar-refractivity contribution in [3.8, 4) is 0 Å². The topological polar surface area (TPSA) is 9.23 Å². The Morgan fingerprint density at radius 1 is 1.06 bits per heavy atom. The molecule has 86 valence electrons. The van der Waals surface area contributed by atoms with Crippen molar-refractivity contribution in [1.82, 2.24) is 0 Å². The Morgan fingerprint density at radius 3 is 2.44 bits per heavy atom. The molecule has 1 nitrogen and oxygen atoms in total.